The third kappa shape index (κ3) is 5.85. The van der Waals surface area contributed by atoms with Crippen molar-refractivity contribution in [1.82, 2.24) is 10.6 Å². The summed E-state index contributed by atoms with van der Waals surface area (Å²) in [5.41, 5.74) is 0.766. The van der Waals surface area contributed by atoms with Crippen LogP contribution >= 0.6 is 11.6 Å². The Labute approximate surface area is 137 Å². The molecule has 0 bridgehead atoms. The number of benzene rings is 1. The van der Waals surface area contributed by atoms with E-state index in [1.807, 2.05) is 45.0 Å². The summed E-state index contributed by atoms with van der Waals surface area (Å²) in [6.07, 6.45) is 2.66. The second-order valence-electron chi connectivity index (χ2n) is 6.86. The van der Waals surface area contributed by atoms with Crippen molar-refractivity contribution < 1.29 is 9.53 Å². The molecule has 2 rings (SSSR count). The molecular formula is C17H25ClN2O2. The van der Waals surface area contributed by atoms with Crippen LogP contribution in [-0.4, -0.2) is 23.8 Å². The monoisotopic (exact) mass is 324 g/mol. The van der Waals surface area contributed by atoms with Gasteiger partial charge in [0.1, 0.15) is 5.60 Å². The molecule has 1 fully saturated rings. The molecule has 2 atom stereocenters. The standard InChI is InChI=1S/C17H25ClN2O2/c1-17(2,3)22-16(21)20-15-9-8-14(10-15)19-11-12-4-6-13(18)7-5-12/h4-7,14-15,19H,8-11H2,1-3H3,(H,20,21). The lowest BCUT2D eigenvalue weighted by atomic mass is 10.2. The van der Waals surface area contributed by atoms with Gasteiger partial charge in [-0.2, -0.15) is 0 Å². The van der Waals surface area contributed by atoms with E-state index in [0.717, 1.165) is 30.8 Å². The number of hydrogen-bond donors (Lipinski definition) is 2. The van der Waals surface area contributed by atoms with Crippen LogP contribution in [0.3, 0.4) is 0 Å². The lowest BCUT2D eigenvalue weighted by Crippen LogP contribution is -2.38. The van der Waals surface area contributed by atoms with Crippen molar-refractivity contribution in [2.24, 2.45) is 0 Å². The van der Waals surface area contributed by atoms with Gasteiger partial charge in [0.05, 0.1) is 0 Å². The van der Waals surface area contributed by atoms with E-state index in [0.29, 0.717) is 6.04 Å². The molecule has 2 unspecified atom stereocenters. The maximum atomic E-state index is 11.8. The van der Waals surface area contributed by atoms with Crippen LogP contribution in [0.2, 0.25) is 5.02 Å². The van der Waals surface area contributed by atoms with Gasteiger partial charge < -0.3 is 15.4 Å². The Balaban J connectivity index is 1.71. The number of ether oxygens (including phenoxy) is 1. The average Bonchev–Trinajstić information content (AvgIpc) is 2.83. The molecule has 0 heterocycles. The largest absolute Gasteiger partial charge is 0.444 e. The van der Waals surface area contributed by atoms with Gasteiger partial charge in [-0.1, -0.05) is 23.7 Å². The van der Waals surface area contributed by atoms with E-state index in [9.17, 15) is 4.79 Å². The molecule has 122 valence electrons. The Morgan fingerprint density at radius 3 is 2.50 bits per heavy atom. The number of carbonyl (C=O) groups is 1. The highest BCUT2D eigenvalue weighted by atomic mass is 35.5. The first-order valence-electron chi connectivity index (χ1n) is 7.79. The molecule has 22 heavy (non-hydrogen) atoms. The summed E-state index contributed by atoms with van der Waals surface area (Å²) < 4.78 is 5.29. The van der Waals surface area contributed by atoms with E-state index in [1.165, 1.54) is 5.56 Å². The lowest BCUT2D eigenvalue weighted by Gasteiger charge is -2.21. The summed E-state index contributed by atoms with van der Waals surface area (Å²) in [6, 6.07) is 8.48. The zero-order valence-electron chi connectivity index (χ0n) is 13.5. The topological polar surface area (TPSA) is 50.4 Å². The molecule has 1 aromatic carbocycles. The maximum Gasteiger partial charge on any atom is 0.407 e. The van der Waals surface area contributed by atoms with Gasteiger partial charge in [0, 0.05) is 23.7 Å². The van der Waals surface area contributed by atoms with Gasteiger partial charge >= 0.3 is 6.09 Å². The van der Waals surface area contributed by atoms with Crippen molar-refractivity contribution in [3.8, 4) is 0 Å². The molecule has 0 aromatic heterocycles. The summed E-state index contributed by atoms with van der Waals surface area (Å²) in [6.45, 7) is 6.44. The Morgan fingerprint density at radius 2 is 1.86 bits per heavy atom. The Kier molecular flexibility index (Phi) is 5.70. The molecular weight excluding hydrogens is 300 g/mol. The molecule has 0 spiro atoms. The lowest BCUT2D eigenvalue weighted by molar-refractivity contribution is 0.0505. The molecule has 1 aliphatic carbocycles. The van der Waals surface area contributed by atoms with Crippen LogP contribution in [-0.2, 0) is 11.3 Å². The van der Waals surface area contributed by atoms with Crippen molar-refractivity contribution in [2.45, 2.75) is 64.3 Å². The maximum absolute atomic E-state index is 11.8. The summed E-state index contributed by atoms with van der Waals surface area (Å²) >= 11 is 5.88. The normalized spacial score (nSPS) is 21.6. The number of alkyl carbamates (subject to hydrolysis) is 1. The van der Waals surface area contributed by atoms with Gasteiger partial charge in [-0.15, -0.1) is 0 Å². The van der Waals surface area contributed by atoms with Crippen molar-refractivity contribution in [3.63, 3.8) is 0 Å². The number of hydrogen-bond acceptors (Lipinski definition) is 3. The van der Waals surface area contributed by atoms with Crippen molar-refractivity contribution in [2.75, 3.05) is 0 Å². The Hall–Kier alpha value is -1.26. The fourth-order valence-corrected chi connectivity index (χ4v) is 2.76. The highest BCUT2D eigenvalue weighted by molar-refractivity contribution is 6.30. The summed E-state index contributed by atoms with van der Waals surface area (Å²) in [5, 5.41) is 7.24. The minimum absolute atomic E-state index is 0.192. The smallest absolute Gasteiger partial charge is 0.407 e. The predicted octanol–water partition coefficient (Wildman–Crippen LogP) is 3.88. The third-order valence-corrected chi connectivity index (χ3v) is 3.91. The van der Waals surface area contributed by atoms with Crippen LogP contribution < -0.4 is 10.6 Å². The molecule has 2 N–H and O–H groups in total. The average molecular weight is 325 g/mol. The second kappa shape index (κ2) is 7.34. The van der Waals surface area contributed by atoms with Gasteiger partial charge in [0.25, 0.3) is 0 Å². The molecule has 0 saturated heterocycles. The molecule has 0 radical (unpaired) electrons. The number of carbonyl (C=O) groups excluding carboxylic acids is 1. The zero-order chi connectivity index (χ0) is 16.2. The minimum Gasteiger partial charge on any atom is -0.444 e. The quantitative estimate of drug-likeness (QED) is 0.883. The van der Waals surface area contributed by atoms with Crippen molar-refractivity contribution in [3.05, 3.63) is 34.9 Å². The van der Waals surface area contributed by atoms with E-state index in [-0.39, 0.29) is 12.1 Å². The Morgan fingerprint density at radius 1 is 1.23 bits per heavy atom. The van der Waals surface area contributed by atoms with Crippen LogP contribution in [0, 0.1) is 0 Å². The van der Waals surface area contributed by atoms with Crippen molar-refractivity contribution in [1.29, 1.82) is 0 Å². The van der Waals surface area contributed by atoms with E-state index in [2.05, 4.69) is 10.6 Å². The molecule has 1 amide bonds. The van der Waals surface area contributed by atoms with Gasteiger partial charge in [0.15, 0.2) is 0 Å². The first kappa shape index (κ1) is 17.1. The van der Waals surface area contributed by atoms with Crippen LogP contribution in [0.1, 0.15) is 45.6 Å². The number of nitrogens with one attached hydrogen (secondary N) is 2. The van der Waals surface area contributed by atoms with Gasteiger partial charge in [-0.25, -0.2) is 4.79 Å². The van der Waals surface area contributed by atoms with Crippen LogP contribution in [0.4, 0.5) is 4.79 Å². The SMILES string of the molecule is CC(C)(C)OC(=O)NC1CCC(NCc2ccc(Cl)cc2)C1. The fraction of sp³-hybridized carbons (Fsp3) is 0.588. The predicted molar refractivity (Wildman–Crippen MR) is 89.1 cm³/mol. The minimum atomic E-state index is -0.449. The van der Waals surface area contributed by atoms with Gasteiger partial charge in [-0.3, -0.25) is 0 Å². The highest BCUT2D eigenvalue weighted by Gasteiger charge is 2.27. The van der Waals surface area contributed by atoms with E-state index in [4.69, 9.17) is 16.3 Å². The second-order valence-corrected chi connectivity index (χ2v) is 7.30. The summed E-state index contributed by atoms with van der Waals surface area (Å²) in [5.74, 6) is 0. The number of amides is 1. The van der Waals surface area contributed by atoms with Crippen LogP contribution in [0.5, 0.6) is 0 Å². The van der Waals surface area contributed by atoms with Gasteiger partial charge in [-0.05, 0) is 57.7 Å². The van der Waals surface area contributed by atoms with E-state index < -0.39 is 5.60 Å². The third-order valence-electron chi connectivity index (χ3n) is 3.66. The molecule has 1 aromatic rings. The summed E-state index contributed by atoms with van der Waals surface area (Å²) in [7, 11) is 0. The van der Waals surface area contributed by atoms with Gasteiger partial charge in [0.2, 0.25) is 0 Å². The van der Waals surface area contributed by atoms with E-state index in [1.54, 1.807) is 0 Å². The first-order chi connectivity index (χ1) is 10.3. The summed E-state index contributed by atoms with van der Waals surface area (Å²) in [4.78, 5) is 11.8. The van der Waals surface area contributed by atoms with Crippen LogP contribution in [0.15, 0.2) is 24.3 Å². The highest BCUT2D eigenvalue weighted by Crippen LogP contribution is 2.20. The zero-order valence-corrected chi connectivity index (χ0v) is 14.2. The molecule has 4 nitrogen and oxygen atoms in total. The fourth-order valence-electron chi connectivity index (χ4n) is 2.64. The van der Waals surface area contributed by atoms with Crippen LogP contribution in [0.25, 0.3) is 0 Å². The van der Waals surface area contributed by atoms with E-state index >= 15 is 0 Å². The molecule has 1 aliphatic rings. The Bertz CT molecular complexity index is 496. The molecule has 1 saturated carbocycles. The van der Waals surface area contributed by atoms with Crippen molar-refractivity contribution >= 4 is 17.7 Å². The first-order valence-corrected chi connectivity index (χ1v) is 8.17. The number of rotatable bonds is 4. The number of halogens is 1. The molecule has 0 aliphatic heterocycles. The molecule has 5 heteroatoms.